The summed E-state index contributed by atoms with van der Waals surface area (Å²) in [7, 11) is -2.81. The van der Waals surface area contributed by atoms with Crippen LogP contribution in [0.25, 0.3) is 10.9 Å². The summed E-state index contributed by atoms with van der Waals surface area (Å²) < 4.78 is 29.4. The van der Waals surface area contributed by atoms with E-state index in [9.17, 15) is 13.2 Å². The van der Waals surface area contributed by atoms with Gasteiger partial charge in [-0.1, -0.05) is 40.8 Å². The SMILES string of the molecule is O=C(N=S(=O)=O)Nc1ccccc1OCc1ccc2ccccc2n1. The quantitative estimate of drug-likeness (QED) is 0.773. The first kappa shape index (κ1) is 16.6. The number of urea groups is 1. The van der Waals surface area contributed by atoms with Crippen LogP contribution in [-0.4, -0.2) is 19.4 Å². The molecule has 0 fully saturated rings. The van der Waals surface area contributed by atoms with E-state index in [0.717, 1.165) is 16.6 Å². The number of nitrogens with one attached hydrogen (secondary N) is 1. The van der Waals surface area contributed by atoms with Crippen molar-refractivity contribution in [1.82, 2.24) is 4.98 Å². The molecule has 0 saturated heterocycles. The molecule has 1 aromatic heterocycles. The second kappa shape index (κ2) is 7.54. The summed E-state index contributed by atoms with van der Waals surface area (Å²) in [6, 6.07) is 17.2. The first-order chi connectivity index (χ1) is 12.1. The molecule has 0 radical (unpaired) electrons. The minimum atomic E-state index is -2.81. The first-order valence-corrected chi connectivity index (χ1v) is 8.33. The third-order valence-electron chi connectivity index (χ3n) is 3.32. The van der Waals surface area contributed by atoms with Gasteiger partial charge in [0.25, 0.3) is 0 Å². The van der Waals surface area contributed by atoms with Gasteiger partial charge in [0.15, 0.2) is 0 Å². The number of carbonyl (C=O) groups is 1. The van der Waals surface area contributed by atoms with Gasteiger partial charge in [-0.2, -0.15) is 8.42 Å². The van der Waals surface area contributed by atoms with Crippen molar-refractivity contribution < 1.29 is 17.9 Å². The number of hydrogen-bond donors (Lipinski definition) is 1. The molecular weight excluding hydrogens is 342 g/mol. The van der Waals surface area contributed by atoms with Gasteiger partial charge in [-0.05, 0) is 24.3 Å². The molecule has 0 saturated carbocycles. The maximum atomic E-state index is 11.5. The Labute approximate surface area is 145 Å². The maximum absolute atomic E-state index is 11.5. The lowest BCUT2D eigenvalue weighted by Crippen LogP contribution is -2.08. The van der Waals surface area contributed by atoms with Gasteiger partial charge in [0.1, 0.15) is 12.4 Å². The molecule has 25 heavy (non-hydrogen) atoms. The zero-order chi connectivity index (χ0) is 17.6. The van der Waals surface area contributed by atoms with E-state index in [0.29, 0.717) is 11.4 Å². The summed E-state index contributed by atoms with van der Waals surface area (Å²) in [5.41, 5.74) is 1.91. The number of fused-ring (bicyclic) bond motifs is 1. The molecule has 0 aliphatic rings. The van der Waals surface area contributed by atoms with Crippen molar-refractivity contribution in [3.8, 4) is 5.75 Å². The van der Waals surface area contributed by atoms with Gasteiger partial charge in [0.2, 0.25) is 0 Å². The highest BCUT2D eigenvalue weighted by Gasteiger charge is 2.08. The number of rotatable bonds is 4. The second-order valence-electron chi connectivity index (χ2n) is 5.02. The fraction of sp³-hybridized carbons (Fsp3) is 0.0588. The summed E-state index contributed by atoms with van der Waals surface area (Å²) in [4.78, 5) is 16.0. The van der Waals surface area contributed by atoms with Crippen molar-refractivity contribution in [2.45, 2.75) is 6.61 Å². The molecule has 8 heteroatoms. The number of para-hydroxylation sites is 3. The van der Waals surface area contributed by atoms with Crippen LogP contribution in [0.2, 0.25) is 0 Å². The van der Waals surface area contributed by atoms with Gasteiger partial charge >= 0.3 is 16.5 Å². The molecule has 3 aromatic rings. The minimum Gasteiger partial charge on any atom is -0.485 e. The fourth-order valence-electron chi connectivity index (χ4n) is 2.24. The van der Waals surface area contributed by atoms with Gasteiger partial charge in [0, 0.05) is 5.39 Å². The van der Waals surface area contributed by atoms with Crippen molar-refractivity contribution in [2.24, 2.45) is 4.36 Å². The van der Waals surface area contributed by atoms with Crippen LogP contribution >= 0.6 is 0 Å². The number of ether oxygens (including phenoxy) is 1. The lowest BCUT2D eigenvalue weighted by Gasteiger charge is -2.11. The highest BCUT2D eigenvalue weighted by Crippen LogP contribution is 2.25. The Morgan fingerprint density at radius 1 is 1.04 bits per heavy atom. The smallest absolute Gasteiger partial charge is 0.360 e. The predicted molar refractivity (Wildman–Crippen MR) is 92.9 cm³/mol. The normalized spacial score (nSPS) is 10.2. The number of pyridine rings is 1. The van der Waals surface area contributed by atoms with E-state index in [1.54, 1.807) is 24.3 Å². The van der Waals surface area contributed by atoms with Gasteiger partial charge < -0.3 is 10.1 Å². The van der Waals surface area contributed by atoms with Crippen LogP contribution in [0.15, 0.2) is 65.0 Å². The van der Waals surface area contributed by atoms with Crippen molar-refractivity contribution in [3.63, 3.8) is 0 Å². The summed E-state index contributed by atoms with van der Waals surface area (Å²) >= 11 is 0. The fourth-order valence-corrected chi connectivity index (χ4v) is 2.42. The van der Waals surface area contributed by atoms with E-state index in [4.69, 9.17) is 4.74 Å². The van der Waals surface area contributed by atoms with Crippen LogP contribution in [0.4, 0.5) is 10.5 Å². The molecule has 0 aliphatic heterocycles. The van der Waals surface area contributed by atoms with Crippen molar-refractivity contribution in [3.05, 3.63) is 66.4 Å². The summed E-state index contributed by atoms with van der Waals surface area (Å²) in [5, 5.41) is 3.40. The molecule has 0 atom stereocenters. The number of anilines is 1. The summed E-state index contributed by atoms with van der Waals surface area (Å²) in [5.74, 6) is 0.387. The summed E-state index contributed by atoms with van der Waals surface area (Å²) in [6.45, 7) is 0.197. The highest BCUT2D eigenvalue weighted by molar-refractivity contribution is 7.62. The van der Waals surface area contributed by atoms with E-state index >= 15 is 0 Å². The van der Waals surface area contributed by atoms with E-state index in [-0.39, 0.29) is 6.61 Å². The van der Waals surface area contributed by atoms with Crippen LogP contribution in [0.1, 0.15) is 5.69 Å². The van der Waals surface area contributed by atoms with Crippen molar-refractivity contribution >= 4 is 33.1 Å². The van der Waals surface area contributed by atoms with Crippen LogP contribution in [0, 0.1) is 0 Å². The Morgan fingerprint density at radius 3 is 2.64 bits per heavy atom. The molecule has 1 N–H and O–H groups in total. The lowest BCUT2D eigenvalue weighted by molar-refractivity contribution is 0.259. The molecule has 0 aliphatic carbocycles. The number of amides is 2. The molecule has 126 valence electrons. The predicted octanol–water partition coefficient (Wildman–Crippen LogP) is 3.41. The van der Waals surface area contributed by atoms with Crippen LogP contribution in [-0.2, 0) is 17.1 Å². The molecule has 3 rings (SSSR count). The van der Waals surface area contributed by atoms with Gasteiger partial charge in [-0.3, -0.25) is 0 Å². The molecule has 7 nitrogen and oxygen atoms in total. The lowest BCUT2D eigenvalue weighted by atomic mass is 10.2. The third-order valence-corrected chi connectivity index (χ3v) is 3.63. The van der Waals surface area contributed by atoms with E-state index in [1.165, 1.54) is 0 Å². The molecule has 2 aromatic carbocycles. The molecule has 0 unspecified atom stereocenters. The first-order valence-electron chi connectivity index (χ1n) is 7.30. The zero-order valence-corrected chi connectivity index (χ0v) is 13.7. The van der Waals surface area contributed by atoms with Gasteiger partial charge in [-0.15, -0.1) is 0 Å². The molecule has 2 amide bonds. The number of nitrogens with zero attached hydrogens (tertiary/aromatic N) is 2. The molecule has 0 bridgehead atoms. The Balaban J connectivity index is 1.76. The van der Waals surface area contributed by atoms with E-state index in [2.05, 4.69) is 14.7 Å². The number of benzene rings is 2. The minimum absolute atomic E-state index is 0.197. The Bertz CT molecular complexity index is 1060. The van der Waals surface area contributed by atoms with Gasteiger partial charge in [-0.25, -0.2) is 9.78 Å². The zero-order valence-electron chi connectivity index (χ0n) is 12.9. The van der Waals surface area contributed by atoms with E-state index < -0.39 is 16.5 Å². The topological polar surface area (TPSA) is 97.7 Å². The standard InChI is InChI=1S/C17H13N3O4S/c21-17(20-25(22)23)19-15-7-3-4-8-16(15)24-11-13-10-9-12-5-1-2-6-14(12)18-13/h1-10H,11H2,(H,19,21). The summed E-state index contributed by atoms with van der Waals surface area (Å²) in [6.07, 6.45) is 0. The Kier molecular flexibility index (Phi) is 5.00. The van der Waals surface area contributed by atoms with Crippen molar-refractivity contribution in [2.75, 3.05) is 5.32 Å². The Morgan fingerprint density at radius 2 is 1.80 bits per heavy atom. The molecule has 0 spiro atoms. The molecule has 1 heterocycles. The average molecular weight is 355 g/mol. The van der Waals surface area contributed by atoms with Crippen LogP contribution < -0.4 is 10.1 Å². The third kappa shape index (κ3) is 4.39. The maximum Gasteiger partial charge on any atom is 0.360 e. The average Bonchev–Trinajstić information content (AvgIpc) is 2.60. The Hall–Kier alpha value is -3.26. The number of aromatic nitrogens is 1. The monoisotopic (exact) mass is 355 g/mol. The van der Waals surface area contributed by atoms with Crippen LogP contribution in [0.5, 0.6) is 5.75 Å². The second-order valence-corrected chi connectivity index (χ2v) is 5.64. The van der Waals surface area contributed by atoms with Crippen molar-refractivity contribution in [1.29, 1.82) is 0 Å². The van der Waals surface area contributed by atoms with E-state index in [1.807, 2.05) is 36.4 Å². The van der Waals surface area contributed by atoms with Gasteiger partial charge in [0.05, 0.1) is 16.9 Å². The number of hydrogen-bond acceptors (Lipinski definition) is 5. The number of carbonyl (C=O) groups excluding carboxylic acids is 1. The highest BCUT2D eigenvalue weighted by atomic mass is 32.2. The van der Waals surface area contributed by atoms with Crippen LogP contribution in [0.3, 0.4) is 0 Å². The molecular formula is C17H13N3O4S. The largest absolute Gasteiger partial charge is 0.485 e.